The third-order valence-corrected chi connectivity index (χ3v) is 5.55. The minimum atomic E-state index is -0.176. The Bertz CT molecular complexity index is 741. The van der Waals surface area contributed by atoms with Gasteiger partial charge in [0.05, 0.1) is 12.2 Å². The summed E-state index contributed by atoms with van der Waals surface area (Å²) in [6, 6.07) is 10.4. The minimum absolute atomic E-state index is 0.132. The van der Waals surface area contributed by atoms with Gasteiger partial charge in [0.1, 0.15) is 17.3 Å². The number of nitrogens with zero attached hydrogens (tertiary/aromatic N) is 3. The monoisotopic (exact) mass is 373 g/mol. The Morgan fingerprint density at radius 1 is 1.27 bits per heavy atom. The molecule has 0 amide bonds. The molecule has 1 N–H and O–H groups in total. The zero-order valence-electron chi connectivity index (χ0n) is 14.8. The first kappa shape index (κ1) is 18.8. The summed E-state index contributed by atoms with van der Waals surface area (Å²) in [6.45, 7) is 1.61. The zero-order chi connectivity index (χ0) is 18.4. The number of aliphatic hydroxyl groups is 1. The fraction of sp³-hybridized carbons (Fsp3) is 0.450. The number of aryl methyl sites for hydroxylation is 1. The van der Waals surface area contributed by atoms with Gasteiger partial charge in [-0.25, -0.2) is 9.97 Å². The van der Waals surface area contributed by atoms with Crippen molar-refractivity contribution in [2.24, 2.45) is 5.41 Å². The van der Waals surface area contributed by atoms with Crippen molar-refractivity contribution in [1.82, 2.24) is 9.97 Å². The molecule has 2 aromatic rings. The van der Waals surface area contributed by atoms with E-state index in [1.807, 2.05) is 6.07 Å². The van der Waals surface area contributed by atoms with Crippen molar-refractivity contribution in [1.29, 1.82) is 0 Å². The number of rotatable bonds is 7. The number of hydrogen-bond donors (Lipinski definition) is 1. The lowest BCUT2D eigenvalue weighted by Crippen LogP contribution is -2.46. The molecule has 3 rings (SSSR count). The molecule has 1 aliphatic heterocycles. The van der Waals surface area contributed by atoms with E-state index in [0.29, 0.717) is 24.2 Å². The first-order valence-electron chi connectivity index (χ1n) is 9.03. The molecule has 6 heteroatoms. The van der Waals surface area contributed by atoms with E-state index in [-0.39, 0.29) is 17.2 Å². The number of halogens is 1. The van der Waals surface area contributed by atoms with E-state index in [1.54, 1.807) is 0 Å². The van der Waals surface area contributed by atoms with Crippen LogP contribution < -0.4 is 4.90 Å². The molecule has 1 fully saturated rings. The molecule has 138 valence electrons. The maximum atomic E-state index is 11.4. The first-order valence-corrected chi connectivity index (χ1v) is 9.41. The second-order valence-electron chi connectivity index (χ2n) is 7.04. The summed E-state index contributed by atoms with van der Waals surface area (Å²) in [5, 5.41) is 10.3. The van der Waals surface area contributed by atoms with Gasteiger partial charge < -0.3 is 10.0 Å². The molecule has 0 saturated carbocycles. The summed E-state index contributed by atoms with van der Waals surface area (Å²) < 4.78 is 0. The number of carbonyl (C=O) groups is 1. The predicted molar refractivity (Wildman–Crippen MR) is 103 cm³/mol. The van der Waals surface area contributed by atoms with Crippen LogP contribution in [0.5, 0.6) is 0 Å². The maximum Gasteiger partial charge on any atom is 0.156 e. The highest BCUT2D eigenvalue weighted by molar-refractivity contribution is 6.32. The number of aromatic nitrogens is 2. The fourth-order valence-electron chi connectivity index (χ4n) is 3.83. The molecule has 0 bridgehead atoms. The first-order chi connectivity index (χ1) is 12.7. The van der Waals surface area contributed by atoms with Crippen molar-refractivity contribution in [3.05, 3.63) is 52.9 Å². The van der Waals surface area contributed by atoms with Gasteiger partial charge >= 0.3 is 0 Å². The summed E-state index contributed by atoms with van der Waals surface area (Å²) in [7, 11) is 0. The quantitative estimate of drug-likeness (QED) is 0.594. The normalized spacial score (nSPS) is 20.2. The number of aldehydes is 1. The largest absolute Gasteiger partial charge is 0.396 e. The van der Waals surface area contributed by atoms with E-state index in [2.05, 4.69) is 39.1 Å². The molecule has 0 spiro atoms. The van der Waals surface area contributed by atoms with Crippen LogP contribution in [0.15, 0.2) is 36.7 Å². The average molecular weight is 374 g/mol. The molecule has 1 saturated heterocycles. The Morgan fingerprint density at radius 2 is 2.08 bits per heavy atom. The highest BCUT2D eigenvalue weighted by Crippen LogP contribution is 2.37. The Kier molecular flexibility index (Phi) is 6.22. The van der Waals surface area contributed by atoms with Crippen LogP contribution in [0.4, 0.5) is 5.82 Å². The highest BCUT2D eigenvalue weighted by atomic mass is 35.5. The smallest absolute Gasteiger partial charge is 0.156 e. The molecule has 1 aromatic heterocycles. The van der Waals surface area contributed by atoms with E-state index in [9.17, 15) is 9.90 Å². The van der Waals surface area contributed by atoms with Crippen LogP contribution in [-0.4, -0.2) is 41.1 Å². The summed E-state index contributed by atoms with van der Waals surface area (Å²) in [6.07, 6.45) is 6.97. The molecule has 0 aliphatic carbocycles. The Balaban J connectivity index is 1.70. The van der Waals surface area contributed by atoms with Crippen LogP contribution in [0.25, 0.3) is 0 Å². The van der Waals surface area contributed by atoms with Gasteiger partial charge in [0.2, 0.25) is 0 Å². The Labute approximate surface area is 159 Å². The molecule has 1 unspecified atom stereocenters. The number of aliphatic hydroxyl groups excluding tert-OH is 1. The van der Waals surface area contributed by atoms with E-state index < -0.39 is 0 Å². The van der Waals surface area contributed by atoms with Crippen molar-refractivity contribution < 1.29 is 9.90 Å². The van der Waals surface area contributed by atoms with E-state index >= 15 is 0 Å². The van der Waals surface area contributed by atoms with Gasteiger partial charge in [-0.3, -0.25) is 4.79 Å². The lowest BCUT2D eigenvalue weighted by atomic mass is 9.76. The summed E-state index contributed by atoms with van der Waals surface area (Å²) >= 11 is 6.05. The van der Waals surface area contributed by atoms with Crippen molar-refractivity contribution in [3.8, 4) is 0 Å². The summed E-state index contributed by atoms with van der Waals surface area (Å²) in [4.78, 5) is 21.7. The zero-order valence-corrected chi connectivity index (χ0v) is 15.5. The van der Waals surface area contributed by atoms with Gasteiger partial charge in [-0.2, -0.15) is 0 Å². The van der Waals surface area contributed by atoms with E-state index in [4.69, 9.17) is 11.6 Å². The third kappa shape index (κ3) is 4.22. The molecule has 26 heavy (non-hydrogen) atoms. The predicted octanol–water partition coefficient (Wildman–Crippen LogP) is 3.54. The van der Waals surface area contributed by atoms with Gasteiger partial charge in [0.25, 0.3) is 0 Å². The van der Waals surface area contributed by atoms with Crippen LogP contribution in [0.2, 0.25) is 5.15 Å². The Morgan fingerprint density at radius 3 is 2.81 bits per heavy atom. The maximum absolute atomic E-state index is 11.4. The number of benzene rings is 1. The van der Waals surface area contributed by atoms with Gasteiger partial charge in [-0.15, -0.1) is 0 Å². The molecule has 1 aliphatic rings. The number of piperidine rings is 1. The van der Waals surface area contributed by atoms with Gasteiger partial charge in [-0.1, -0.05) is 41.9 Å². The van der Waals surface area contributed by atoms with E-state index in [0.717, 1.165) is 38.6 Å². The average Bonchev–Trinajstić information content (AvgIpc) is 2.69. The molecular weight excluding hydrogens is 350 g/mol. The van der Waals surface area contributed by atoms with Crippen LogP contribution in [0.3, 0.4) is 0 Å². The van der Waals surface area contributed by atoms with Gasteiger partial charge in [0.15, 0.2) is 6.29 Å². The summed E-state index contributed by atoms with van der Waals surface area (Å²) in [5.41, 5.74) is 1.47. The lowest BCUT2D eigenvalue weighted by Gasteiger charge is -2.42. The number of hydrogen-bond acceptors (Lipinski definition) is 5. The van der Waals surface area contributed by atoms with Crippen LogP contribution in [0, 0.1) is 5.41 Å². The molecule has 1 atom stereocenters. The molecule has 5 nitrogen and oxygen atoms in total. The van der Waals surface area contributed by atoms with Gasteiger partial charge in [-0.05, 0) is 37.7 Å². The number of carbonyl (C=O) groups excluding carboxylic acids is 1. The van der Waals surface area contributed by atoms with E-state index in [1.165, 1.54) is 11.9 Å². The highest BCUT2D eigenvalue weighted by Gasteiger charge is 2.36. The second kappa shape index (κ2) is 8.60. The lowest BCUT2D eigenvalue weighted by molar-refractivity contribution is 0.0937. The SMILES string of the molecule is O=Cc1c(Cl)ncnc1N1CCCC(CO)(CCCc2ccccc2)C1. The summed E-state index contributed by atoms with van der Waals surface area (Å²) in [5.74, 6) is 0.570. The standard InChI is InChI=1S/C20H24ClN3O2/c21-18-17(12-25)19(23-15-22-18)24-11-5-10-20(13-24,14-26)9-4-8-16-6-2-1-3-7-16/h1-3,6-7,12,15,26H,4-5,8-11,13-14H2. The van der Waals surface area contributed by atoms with Crippen molar-refractivity contribution >= 4 is 23.7 Å². The van der Waals surface area contributed by atoms with Crippen molar-refractivity contribution in [2.75, 3.05) is 24.6 Å². The molecule has 2 heterocycles. The van der Waals surface area contributed by atoms with Crippen LogP contribution in [0.1, 0.15) is 41.6 Å². The topological polar surface area (TPSA) is 66.3 Å². The molecular formula is C20H24ClN3O2. The minimum Gasteiger partial charge on any atom is -0.396 e. The Hall–Kier alpha value is -1.98. The van der Waals surface area contributed by atoms with Crippen LogP contribution in [-0.2, 0) is 6.42 Å². The van der Waals surface area contributed by atoms with Gasteiger partial charge in [0, 0.05) is 18.5 Å². The van der Waals surface area contributed by atoms with Crippen molar-refractivity contribution in [2.45, 2.75) is 32.1 Å². The molecule has 0 radical (unpaired) electrons. The second-order valence-corrected chi connectivity index (χ2v) is 7.40. The van der Waals surface area contributed by atoms with Crippen molar-refractivity contribution in [3.63, 3.8) is 0 Å². The fourth-order valence-corrected chi connectivity index (χ4v) is 4.00. The number of anilines is 1. The molecule has 1 aromatic carbocycles. The van der Waals surface area contributed by atoms with Crippen LogP contribution >= 0.6 is 11.6 Å². The third-order valence-electron chi connectivity index (χ3n) is 5.24.